The molecule has 2 aromatic heterocycles. The molecule has 3 nitrogen and oxygen atoms in total. The highest BCUT2D eigenvalue weighted by Crippen LogP contribution is 2.36. The maximum atomic E-state index is 12.9. The van der Waals surface area contributed by atoms with Gasteiger partial charge in [0.15, 0.2) is 5.78 Å². The van der Waals surface area contributed by atoms with Crippen molar-refractivity contribution in [2.24, 2.45) is 5.92 Å². The molecule has 0 aliphatic heterocycles. The maximum Gasteiger partial charge on any atom is 0.169 e. The average molecular weight is 385 g/mol. The highest BCUT2D eigenvalue weighted by atomic mass is 32.1. The number of rotatable bonds is 4. The molecule has 0 bridgehead atoms. The fraction of sp³-hybridized carbons (Fsp3) is 0.167. The van der Waals surface area contributed by atoms with Crippen LogP contribution in [0.5, 0.6) is 0 Å². The molecule has 1 aliphatic rings. The molecular formula is C24H19NO2S. The molecule has 2 atom stereocenters. The van der Waals surface area contributed by atoms with Gasteiger partial charge in [-0.1, -0.05) is 42.5 Å². The second-order valence-corrected chi connectivity index (χ2v) is 8.14. The second kappa shape index (κ2) is 6.66. The van der Waals surface area contributed by atoms with Gasteiger partial charge in [-0.3, -0.25) is 4.79 Å². The lowest BCUT2D eigenvalue weighted by molar-refractivity contribution is 0.0944. The molecule has 0 spiro atoms. The summed E-state index contributed by atoms with van der Waals surface area (Å²) in [5.41, 5.74) is 6.93. The summed E-state index contributed by atoms with van der Waals surface area (Å²) in [6.07, 6.45) is 0.0514. The SMILES string of the molecule is Cc1cscc1-c1ccc(-c2cc(C(=O)C3C[C@H]3O)c3ccccc3n2)cc1. The van der Waals surface area contributed by atoms with Crippen molar-refractivity contribution in [1.29, 1.82) is 0 Å². The van der Waals surface area contributed by atoms with Crippen LogP contribution >= 0.6 is 11.3 Å². The molecule has 4 heteroatoms. The van der Waals surface area contributed by atoms with Crippen LogP contribution < -0.4 is 0 Å². The third-order valence-electron chi connectivity index (χ3n) is 5.42. The van der Waals surface area contributed by atoms with Crippen molar-refractivity contribution in [2.75, 3.05) is 0 Å². The highest BCUT2D eigenvalue weighted by Gasteiger charge is 2.42. The van der Waals surface area contributed by atoms with Crippen molar-refractivity contribution in [3.05, 3.63) is 76.5 Å². The third kappa shape index (κ3) is 2.95. The number of fused-ring (bicyclic) bond motifs is 1. The molecule has 1 unspecified atom stereocenters. The van der Waals surface area contributed by atoms with Crippen molar-refractivity contribution >= 4 is 28.0 Å². The normalized spacial score (nSPS) is 18.4. The first kappa shape index (κ1) is 17.3. The summed E-state index contributed by atoms with van der Waals surface area (Å²) >= 11 is 1.71. The van der Waals surface area contributed by atoms with E-state index in [0.717, 1.165) is 22.2 Å². The molecule has 1 fully saturated rings. The molecule has 1 aliphatic carbocycles. The average Bonchev–Trinajstić information content (AvgIpc) is 3.31. The van der Waals surface area contributed by atoms with E-state index in [1.165, 1.54) is 16.7 Å². The van der Waals surface area contributed by atoms with E-state index in [-0.39, 0.29) is 11.7 Å². The summed E-state index contributed by atoms with van der Waals surface area (Å²) in [5, 5.41) is 14.9. The Kier molecular flexibility index (Phi) is 4.11. The Balaban J connectivity index is 1.59. The van der Waals surface area contributed by atoms with Crippen LogP contribution in [0.3, 0.4) is 0 Å². The zero-order valence-electron chi connectivity index (χ0n) is 15.4. The summed E-state index contributed by atoms with van der Waals surface area (Å²) in [6.45, 7) is 2.12. The van der Waals surface area contributed by atoms with Crippen molar-refractivity contribution in [3.8, 4) is 22.4 Å². The number of aromatic nitrogens is 1. The van der Waals surface area contributed by atoms with Crippen LogP contribution in [0.15, 0.2) is 65.4 Å². The van der Waals surface area contributed by atoms with Gasteiger partial charge < -0.3 is 5.11 Å². The Morgan fingerprint density at radius 2 is 1.79 bits per heavy atom. The van der Waals surface area contributed by atoms with Crippen LogP contribution in [0.1, 0.15) is 22.3 Å². The quantitative estimate of drug-likeness (QED) is 0.472. The van der Waals surface area contributed by atoms with Gasteiger partial charge >= 0.3 is 0 Å². The summed E-state index contributed by atoms with van der Waals surface area (Å²) in [6, 6.07) is 17.9. The topological polar surface area (TPSA) is 50.2 Å². The van der Waals surface area contributed by atoms with Gasteiger partial charge in [0.25, 0.3) is 0 Å². The number of benzene rings is 2. The number of hydrogen-bond acceptors (Lipinski definition) is 4. The first-order chi connectivity index (χ1) is 13.6. The maximum absolute atomic E-state index is 12.9. The molecule has 0 amide bonds. The molecule has 2 heterocycles. The lowest BCUT2D eigenvalue weighted by Gasteiger charge is -2.10. The van der Waals surface area contributed by atoms with Crippen LogP contribution in [0.4, 0.5) is 0 Å². The molecule has 138 valence electrons. The summed E-state index contributed by atoms with van der Waals surface area (Å²) in [4.78, 5) is 17.7. The zero-order valence-corrected chi connectivity index (χ0v) is 16.2. The first-order valence-electron chi connectivity index (χ1n) is 9.37. The number of para-hydroxylation sites is 1. The smallest absolute Gasteiger partial charge is 0.169 e. The zero-order chi connectivity index (χ0) is 19.3. The van der Waals surface area contributed by atoms with E-state index in [1.807, 2.05) is 30.3 Å². The minimum atomic E-state index is -0.504. The number of aryl methyl sites for hydroxylation is 1. The molecule has 0 saturated heterocycles. The number of ketones is 1. The van der Waals surface area contributed by atoms with E-state index >= 15 is 0 Å². The molecule has 2 aromatic carbocycles. The molecule has 1 saturated carbocycles. The monoisotopic (exact) mass is 385 g/mol. The van der Waals surface area contributed by atoms with Crippen molar-refractivity contribution in [2.45, 2.75) is 19.4 Å². The molecule has 0 radical (unpaired) electrons. The predicted octanol–water partition coefficient (Wildman–Crippen LogP) is 5.50. The van der Waals surface area contributed by atoms with Gasteiger partial charge in [0.2, 0.25) is 0 Å². The number of Topliss-reactive ketones (excluding diaryl/α,β-unsaturated/α-hetero) is 1. The van der Waals surface area contributed by atoms with Gasteiger partial charge in [0, 0.05) is 16.5 Å². The van der Waals surface area contributed by atoms with Crippen LogP contribution in [-0.4, -0.2) is 22.0 Å². The van der Waals surface area contributed by atoms with Crippen LogP contribution in [0.2, 0.25) is 0 Å². The van der Waals surface area contributed by atoms with Gasteiger partial charge in [-0.15, -0.1) is 0 Å². The Hall–Kier alpha value is -2.82. The third-order valence-corrected chi connectivity index (χ3v) is 6.28. The first-order valence-corrected chi connectivity index (χ1v) is 10.3. The molecular weight excluding hydrogens is 366 g/mol. The fourth-order valence-electron chi connectivity index (χ4n) is 3.67. The fourth-order valence-corrected chi connectivity index (χ4v) is 4.52. The van der Waals surface area contributed by atoms with Gasteiger partial charge in [-0.2, -0.15) is 11.3 Å². The molecule has 1 N–H and O–H groups in total. The minimum Gasteiger partial charge on any atom is -0.392 e. The van der Waals surface area contributed by atoms with Crippen LogP contribution in [0, 0.1) is 12.8 Å². The number of hydrogen-bond donors (Lipinski definition) is 1. The number of thiophene rings is 1. The number of aliphatic hydroxyl groups is 1. The number of carbonyl (C=O) groups is 1. The Bertz CT molecular complexity index is 1190. The Morgan fingerprint density at radius 1 is 1.07 bits per heavy atom. The highest BCUT2D eigenvalue weighted by molar-refractivity contribution is 7.08. The predicted molar refractivity (Wildman–Crippen MR) is 114 cm³/mol. The largest absolute Gasteiger partial charge is 0.392 e. The van der Waals surface area contributed by atoms with Crippen molar-refractivity contribution in [1.82, 2.24) is 4.98 Å². The van der Waals surface area contributed by atoms with Crippen molar-refractivity contribution < 1.29 is 9.90 Å². The van der Waals surface area contributed by atoms with E-state index in [1.54, 1.807) is 11.3 Å². The number of aliphatic hydroxyl groups excluding tert-OH is 1. The summed E-state index contributed by atoms with van der Waals surface area (Å²) < 4.78 is 0. The van der Waals surface area contributed by atoms with E-state index in [2.05, 4.69) is 41.9 Å². The Labute approximate surface area is 167 Å². The van der Waals surface area contributed by atoms with Crippen molar-refractivity contribution in [3.63, 3.8) is 0 Å². The lowest BCUT2D eigenvalue weighted by Crippen LogP contribution is -2.07. The van der Waals surface area contributed by atoms with E-state index in [9.17, 15) is 9.90 Å². The number of nitrogens with zero attached hydrogens (tertiary/aromatic N) is 1. The van der Waals surface area contributed by atoms with Crippen LogP contribution in [0.25, 0.3) is 33.3 Å². The van der Waals surface area contributed by atoms with E-state index in [0.29, 0.717) is 12.0 Å². The molecule has 28 heavy (non-hydrogen) atoms. The van der Waals surface area contributed by atoms with Gasteiger partial charge in [-0.25, -0.2) is 4.98 Å². The minimum absolute atomic E-state index is 0.0119. The van der Waals surface area contributed by atoms with Gasteiger partial charge in [0.05, 0.1) is 23.2 Å². The number of carbonyl (C=O) groups excluding carboxylic acids is 1. The Morgan fingerprint density at radius 3 is 2.46 bits per heavy atom. The van der Waals surface area contributed by atoms with E-state index in [4.69, 9.17) is 4.98 Å². The summed E-state index contributed by atoms with van der Waals surface area (Å²) in [5.74, 6) is -0.263. The molecule has 4 aromatic rings. The standard InChI is InChI=1S/C24H19NO2S/c1-14-12-28-13-20(14)15-6-8-16(9-7-15)22-10-18(24(27)19-11-23(19)26)17-4-2-3-5-21(17)25-22/h2-10,12-13,19,23,26H,11H2,1H3/t19?,23-/m1/s1. The lowest BCUT2D eigenvalue weighted by atomic mass is 9.98. The second-order valence-electron chi connectivity index (χ2n) is 7.39. The summed E-state index contributed by atoms with van der Waals surface area (Å²) in [7, 11) is 0. The van der Waals surface area contributed by atoms with Gasteiger partial charge in [0.1, 0.15) is 0 Å². The molecule has 5 rings (SSSR count). The number of pyridine rings is 1. The van der Waals surface area contributed by atoms with Gasteiger partial charge in [-0.05, 0) is 52.9 Å². The van der Waals surface area contributed by atoms with E-state index < -0.39 is 6.10 Å². The van der Waals surface area contributed by atoms with Crippen LogP contribution in [-0.2, 0) is 0 Å².